The number of amides is 1. The summed E-state index contributed by atoms with van der Waals surface area (Å²) < 4.78 is 0. The van der Waals surface area contributed by atoms with Crippen LogP contribution in [0.2, 0.25) is 0 Å². The molecule has 0 radical (unpaired) electrons. The van der Waals surface area contributed by atoms with Crippen LogP contribution in [-0.4, -0.2) is 5.91 Å². The van der Waals surface area contributed by atoms with E-state index < -0.39 is 0 Å². The molecule has 0 fully saturated rings. The molecular weight excluding hydrogens is 206 g/mol. The Bertz CT molecular complexity index is 343. The Morgan fingerprint density at radius 2 is 1.87 bits per heavy atom. The number of hydrogen-bond acceptors (Lipinski definition) is 2. The molecular formula is C12H17NOS. The Kier molecular flexibility index (Phi) is 3.80. The van der Waals surface area contributed by atoms with E-state index in [2.05, 4.69) is 17.9 Å². The highest BCUT2D eigenvalue weighted by atomic mass is 32.1. The second-order valence-corrected chi connectivity index (χ2v) is 4.75. The third kappa shape index (κ3) is 3.27. The van der Waals surface area contributed by atoms with Crippen LogP contribution in [0.3, 0.4) is 0 Å². The molecule has 1 rings (SSSR count). The van der Waals surface area contributed by atoms with Crippen molar-refractivity contribution in [1.82, 2.24) is 0 Å². The molecule has 3 heteroatoms. The molecule has 0 aromatic heterocycles. The van der Waals surface area contributed by atoms with Crippen LogP contribution in [-0.2, 0) is 4.79 Å². The van der Waals surface area contributed by atoms with Crippen LogP contribution in [0.25, 0.3) is 0 Å². The number of hydrogen-bond donors (Lipinski definition) is 2. The number of rotatable bonds is 3. The molecule has 1 amide bonds. The maximum absolute atomic E-state index is 11.8. The van der Waals surface area contributed by atoms with Gasteiger partial charge in [-0.2, -0.15) is 0 Å². The predicted molar refractivity (Wildman–Crippen MR) is 66.4 cm³/mol. The maximum Gasteiger partial charge on any atom is 0.230 e. The minimum absolute atomic E-state index is 0.0527. The summed E-state index contributed by atoms with van der Waals surface area (Å²) in [5.74, 6) is 0.0527. The van der Waals surface area contributed by atoms with E-state index in [1.165, 1.54) is 0 Å². The van der Waals surface area contributed by atoms with Gasteiger partial charge in [0, 0.05) is 16.0 Å². The largest absolute Gasteiger partial charge is 0.326 e. The first kappa shape index (κ1) is 12.1. The zero-order valence-corrected chi connectivity index (χ0v) is 10.3. The van der Waals surface area contributed by atoms with Crippen LogP contribution in [0.1, 0.15) is 27.2 Å². The summed E-state index contributed by atoms with van der Waals surface area (Å²) in [6.45, 7) is 5.89. The van der Waals surface area contributed by atoms with Gasteiger partial charge in [-0.1, -0.05) is 20.8 Å². The van der Waals surface area contributed by atoms with Crippen LogP contribution in [0.15, 0.2) is 29.2 Å². The lowest BCUT2D eigenvalue weighted by atomic mass is 9.89. The van der Waals surface area contributed by atoms with Crippen LogP contribution in [0.4, 0.5) is 5.69 Å². The van der Waals surface area contributed by atoms with Gasteiger partial charge in [0.1, 0.15) is 0 Å². The summed E-state index contributed by atoms with van der Waals surface area (Å²) >= 11 is 4.18. The lowest BCUT2D eigenvalue weighted by Gasteiger charge is -2.21. The second-order valence-electron chi connectivity index (χ2n) is 4.24. The molecule has 0 aliphatic heterocycles. The van der Waals surface area contributed by atoms with Gasteiger partial charge in [-0.3, -0.25) is 4.79 Å². The highest BCUT2D eigenvalue weighted by molar-refractivity contribution is 7.80. The molecule has 0 aliphatic rings. The summed E-state index contributed by atoms with van der Waals surface area (Å²) in [5, 5.41) is 2.89. The van der Waals surface area contributed by atoms with Crippen LogP contribution in [0, 0.1) is 5.41 Å². The molecule has 1 N–H and O–H groups in total. The van der Waals surface area contributed by atoms with E-state index in [0.717, 1.165) is 17.0 Å². The summed E-state index contributed by atoms with van der Waals surface area (Å²) in [5.41, 5.74) is 0.499. The van der Waals surface area contributed by atoms with Crippen LogP contribution in [0.5, 0.6) is 0 Å². The number of benzene rings is 1. The predicted octanol–water partition coefficient (Wildman–Crippen LogP) is 3.35. The fraction of sp³-hybridized carbons (Fsp3) is 0.417. The van der Waals surface area contributed by atoms with E-state index in [1.807, 2.05) is 45.0 Å². The molecule has 15 heavy (non-hydrogen) atoms. The van der Waals surface area contributed by atoms with Crippen molar-refractivity contribution >= 4 is 24.2 Å². The van der Waals surface area contributed by atoms with E-state index >= 15 is 0 Å². The van der Waals surface area contributed by atoms with E-state index in [-0.39, 0.29) is 11.3 Å². The van der Waals surface area contributed by atoms with E-state index in [1.54, 1.807) is 0 Å². The highest BCUT2D eigenvalue weighted by Crippen LogP contribution is 2.22. The van der Waals surface area contributed by atoms with Crippen molar-refractivity contribution in [3.8, 4) is 0 Å². The average molecular weight is 223 g/mol. The molecule has 1 aromatic rings. The van der Waals surface area contributed by atoms with Crippen molar-refractivity contribution in [2.24, 2.45) is 5.41 Å². The fourth-order valence-corrected chi connectivity index (χ4v) is 1.15. The Morgan fingerprint density at radius 1 is 1.33 bits per heavy atom. The van der Waals surface area contributed by atoms with Gasteiger partial charge in [0.15, 0.2) is 0 Å². The van der Waals surface area contributed by atoms with Gasteiger partial charge >= 0.3 is 0 Å². The van der Waals surface area contributed by atoms with E-state index in [0.29, 0.717) is 0 Å². The van der Waals surface area contributed by atoms with Gasteiger partial charge < -0.3 is 5.32 Å². The normalized spacial score (nSPS) is 11.2. The van der Waals surface area contributed by atoms with Gasteiger partial charge in [0.05, 0.1) is 0 Å². The van der Waals surface area contributed by atoms with Crippen LogP contribution < -0.4 is 5.32 Å². The Balaban J connectivity index is 2.71. The Hall–Kier alpha value is -0.960. The minimum atomic E-state index is -0.320. The van der Waals surface area contributed by atoms with Gasteiger partial charge in [0.25, 0.3) is 0 Å². The Labute approximate surface area is 96.5 Å². The first-order chi connectivity index (χ1) is 6.95. The molecule has 0 aliphatic carbocycles. The van der Waals surface area contributed by atoms with Gasteiger partial charge in [0.2, 0.25) is 5.91 Å². The summed E-state index contributed by atoms with van der Waals surface area (Å²) in [7, 11) is 0. The Morgan fingerprint density at radius 3 is 2.33 bits per heavy atom. The average Bonchev–Trinajstić information content (AvgIpc) is 2.21. The maximum atomic E-state index is 11.8. The van der Waals surface area contributed by atoms with Gasteiger partial charge in [-0.25, -0.2) is 0 Å². The molecule has 82 valence electrons. The SMILES string of the molecule is CCC(C)(C)C(=O)Nc1ccc(S)cc1. The van der Waals surface area contributed by atoms with Crippen molar-refractivity contribution in [3.05, 3.63) is 24.3 Å². The zero-order chi connectivity index (χ0) is 11.5. The third-order valence-corrected chi connectivity index (χ3v) is 2.92. The molecule has 0 unspecified atom stereocenters. The third-order valence-electron chi connectivity index (χ3n) is 2.62. The molecule has 1 aromatic carbocycles. The number of nitrogens with one attached hydrogen (secondary N) is 1. The molecule has 0 bridgehead atoms. The molecule has 0 saturated carbocycles. The summed E-state index contributed by atoms with van der Waals surface area (Å²) in [4.78, 5) is 12.7. The number of carbonyl (C=O) groups is 1. The molecule has 0 spiro atoms. The van der Waals surface area contributed by atoms with Gasteiger partial charge in [-0.15, -0.1) is 12.6 Å². The molecule has 2 nitrogen and oxygen atoms in total. The van der Waals surface area contributed by atoms with Gasteiger partial charge in [-0.05, 0) is 30.7 Å². The fourth-order valence-electron chi connectivity index (χ4n) is 1.01. The zero-order valence-electron chi connectivity index (χ0n) is 9.37. The minimum Gasteiger partial charge on any atom is -0.326 e. The lowest BCUT2D eigenvalue weighted by Crippen LogP contribution is -2.29. The molecule has 0 atom stereocenters. The molecule has 0 heterocycles. The quantitative estimate of drug-likeness (QED) is 0.756. The van der Waals surface area contributed by atoms with Crippen molar-refractivity contribution in [1.29, 1.82) is 0 Å². The number of carbonyl (C=O) groups excluding carboxylic acids is 1. The van der Waals surface area contributed by atoms with E-state index in [9.17, 15) is 4.79 Å². The van der Waals surface area contributed by atoms with Crippen molar-refractivity contribution < 1.29 is 4.79 Å². The first-order valence-electron chi connectivity index (χ1n) is 5.06. The van der Waals surface area contributed by atoms with Crippen LogP contribution >= 0.6 is 12.6 Å². The van der Waals surface area contributed by atoms with E-state index in [4.69, 9.17) is 0 Å². The number of anilines is 1. The summed E-state index contributed by atoms with van der Waals surface area (Å²) in [6.07, 6.45) is 0.823. The first-order valence-corrected chi connectivity index (χ1v) is 5.51. The van der Waals surface area contributed by atoms with Crippen molar-refractivity contribution in [3.63, 3.8) is 0 Å². The molecule has 0 saturated heterocycles. The van der Waals surface area contributed by atoms with Crippen molar-refractivity contribution in [2.75, 3.05) is 5.32 Å². The van der Waals surface area contributed by atoms with Crippen molar-refractivity contribution in [2.45, 2.75) is 32.1 Å². The second kappa shape index (κ2) is 4.71. The number of thiol groups is 1. The smallest absolute Gasteiger partial charge is 0.230 e. The topological polar surface area (TPSA) is 29.1 Å². The summed E-state index contributed by atoms with van der Waals surface area (Å²) in [6, 6.07) is 7.42. The standard InChI is InChI=1S/C12H17NOS/c1-4-12(2,3)11(14)13-9-5-7-10(15)8-6-9/h5-8,15H,4H2,1-3H3,(H,13,14). The highest BCUT2D eigenvalue weighted by Gasteiger charge is 2.24. The monoisotopic (exact) mass is 223 g/mol. The lowest BCUT2D eigenvalue weighted by molar-refractivity contribution is -0.124.